The third kappa shape index (κ3) is 1.19. The summed E-state index contributed by atoms with van der Waals surface area (Å²) in [5.74, 6) is 0. The maximum atomic E-state index is 11.4. The molecule has 1 fully saturated rings. The SMILES string of the molecule is Cc1cc(=O)n(C2CCCC2)[nH]1. The number of H-pyrrole nitrogens is 1. The van der Waals surface area contributed by atoms with Crippen molar-refractivity contribution in [1.29, 1.82) is 0 Å². The third-order valence-corrected chi connectivity index (χ3v) is 2.56. The van der Waals surface area contributed by atoms with Gasteiger partial charge in [0.05, 0.1) is 6.04 Å². The van der Waals surface area contributed by atoms with Crippen molar-refractivity contribution in [2.75, 3.05) is 0 Å². The number of nitrogens with zero attached hydrogens (tertiary/aromatic N) is 1. The molecule has 1 aliphatic carbocycles. The molecule has 1 heterocycles. The molecule has 0 saturated heterocycles. The number of nitrogens with one attached hydrogen (secondary N) is 1. The number of aromatic nitrogens is 2. The average Bonchev–Trinajstić information content (AvgIpc) is 2.58. The van der Waals surface area contributed by atoms with Crippen LogP contribution in [0.25, 0.3) is 0 Å². The van der Waals surface area contributed by atoms with Crippen LogP contribution in [0.3, 0.4) is 0 Å². The van der Waals surface area contributed by atoms with E-state index >= 15 is 0 Å². The van der Waals surface area contributed by atoms with Crippen molar-refractivity contribution in [2.24, 2.45) is 0 Å². The van der Waals surface area contributed by atoms with E-state index in [0.29, 0.717) is 6.04 Å². The highest BCUT2D eigenvalue weighted by Crippen LogP contribution is 2.27. The molecule has 1 aromatic heterocycles. The van der Waals surface area contributed by atoms with Crippen molar-refractivity contribution < 1.29 is 0 Å². The van der Waals surface area contributed by atoms with Crippen molar-refractivity contribution in [1.82, 2.24) is 9.78 Å². The fourth-order valence-corrected chi connectivity index (χ4v) is 1.97. The number of hydrogen-bond acceptors (Lipinski definition) is 1. The Labute approximate surface area is 71.4 Å². The second kappa shape index (κ2) is 2.81. The van der Waals surface area contributed by atoms with Crippen LogP contribution in [0.1, 0.15) is 37.4 Å². The van der Waals surface area contributed by atoms with Crippen LogP contribution in [-0.4, -0.2) is 9.78 Å². The minimum atomic E-state index is 0.124. The van der Waals surface area contributed by atoms with Crippen LogP contribution in [0.5, 0.6) is 0 Å². The molecule has 1 N–H and O–H groups in total. The molecule has 3 heteroatoms. The normalized spacial score (nSPS) is 18.8. The second-order valence-electron chi connectivity index (χ2n) is 3.59. The van der Waals surface area contributed by atoms with Gasteiger partial charge in [0.1, 0.15) is 0 Å². The Morgan fingerprint density at radius 1 is 1.50 bits per heavy atom. The predicted octanol–water partition coefficient (Wildman–Crippen LogP) is 1.60. The number of aryl methyl sites for hydroxylation is 1. The first-order chi connectivity index (χ1) is 5.77. The third-order valence-electron chi connectivity index (χ3n) is 2.56. The molecule has 0 aliphatic heterocycles. The van der Waals surface area contributed by atoms with Gasteiger partial charge in [-0.05, 0) is 19.8 Å². The van der Waals surface area contributed by atoms with Gasteiger partial charge in [-0.15, -0.1) is 0 Å². The minimum Gasteiger partial charge on any atom is -0.300 e. The molecular formula is C9H14N2O. The fraction of sp³-hybridized carbons (Fsp3) is 0.667. The van der Waals surface area contributed by atoms with Crippen molar-refractivity contribution in [3.05, 3.63) is 22.1 Å². The number of hydrogen-bond donors (Lipinski definition) is 1. The zero-order chi connectivity index (χ0) is 8.55. The summed E-state index contributed by atoms with van der Waals surface area (Å²) in [5.41, 5.74) is 1.09. The Bertz CT molecular complexity index is 318. The Morgan fingerprint density at radius 3 is 2.67 bits per heavy atom. The maximum Gasteiger partial charge on any atom is 0.266 e. The molecule has 3 nitrogen and oxygen atoms in total. The van der Waals surface area contributed by atoms with E-state index in [4.69, 9.17) is 0 Å². The number of rotatable bonds is 1. The zero-order valence-corrected chi connectivity index (χ0v) is 7.34. The highest BCUT2D eigenvalue weighted by molar-refractivity contribution is 4.97. The smallest absolute Gasteiger partial charge is 0.266 e. The monoisotopic (exact) mass is 166 g/mol. The van der Waals surface area contributed by atoms with Gasteiger partial charge < -0.3 is 0 Å². The van der Waals surface area contributed by atoms with Gasteiger partial charge in [-0.25, -0.2) is 4.68 Å². The van der Waals surface area contributed by atoms with Gasteiger partial charge in [0.15, 0.2) is 0 Å². The molecule has 0 amide bonds. The van der Waals surface area contributed by atoms with Gasteiger partial charge in [-0.1, -0.05) is 12.8 Å². The van der Waals surface area contributed by atoms with Crippen molar-refractivity contribution in [2.45, 2.75) is 38.6 Å². The quantitative estimate of drug-likeness (QED) is 0.676. The Balaban J connectivity index is 2.32. The van der Waals surface area contributed by atoms with Crippen molar-refractivity contribution >= 4 is 0 Å². The lowest BCUT2D eigenvalue weighted by atomic mass is 10.3. The highest BCUT2D eigenvalue weighted by Gasteiger charge is 2.18. The summed E-state index contributed by atoms with van der Waals surface area (Å²) in [5, 5.41) is 3.09. The summed E-state index contributed by atoms with van der Waals surface area (Å²) in [6.45, 7) is 1.92. The van der Waals surface area contributed by atoms with E-state index in [9.17, 15) is 4.79 Å². The lowest BCUT2D eigenvalue weighted by Crippen LogP contribution is -2.19. The Morgan fingerprint density at radius 2 is 2.17 bits per heavy atom. The van der Waals surface area contributed by atoms with E-state index < -0.39 is 0 Å². The van der Waals surface area contributed by atoms with Crippen LogP contribution in [0.15, 0.2) is 10.9 Å². The molecule has 0 unspecified atom stereocenters. The molecule has 0 radical (unpaired) electrons. The van der Waals surface area contributed by atoms with Crippen molar-refractivity contribution in [3.63, 3.8) is 0 Å². The van der Waals surface area contributed by atoms with Gasteiger partial charge in [0.25, 0.3) is 5.56 Å². The molecule has 2 rings (SSSR count). The second-order valence-corrected chi connectivity index (χ2v) is 3.59. The summed E-state index contributed by atoms with van der Waals surface area (Å²) in [6, 6.07) is 2.10. The lowest BCUT2D eigenvalue weighted by Gasteiger charge is -2.08. The van der Waals surface area contributed by atoms with E-state index in [-0.39, 0.29) is 5.56 Å². The van der Waals surface area contributed by atoms with E-state index in [1.165, 1.54) is 12.8 Å². The summed E-state index contributed by atoms with van der Waals surface area (Å²) in [6.07, 6.45) is 4.82. The topological polar surface area (TPSA) is 37.8 Å². The summed E-state index contributed by atoms with van der Waals surface area (Å²) >= 11 is 0. The molecule has 1 aromatic rings. The van der Waals surface area contributed by atoms with Gasteiger partial charge in [-0.3, -0.25) is 9.89 Å². The molecule has 0 spiro atoms. The van der Waals surface area contributed by atoms with Gasteiger partial charge in [-0.2, -0.15) is 0 Å². The highest BCUT2D eigenvalue weighted by atomic mass is 16.1. The average molecular weight is 166 g/mol. The molecule has 1 saturated carbocycles. The predicted molar refractivity (Wildman–Crippen MR) is 47.3 cm³/mol. The summed E-state index contributed by atoms with van der Waals surface area (Å²) in [7, 11) is 0. The fourth-order valence-electron chi connectivity index (χ4n) is 1.97. The Kier molecular flexibility index (Phi) is 1.79. The van der Waals surface area contributed by atoms with Gasteiger partial charge in [0, 0.05) is 11.8 Å². The van der Waals surface area contributed by atoms with E-state index in [1.54, 1.807) is 10.7 Å². The minimum absolute atomic E-state index is 0.124. The van der Waals surface area contributed by atoms with Gasteiger partial charge >= 0.3 is 0 Å². The van der Waals surface area contributed by atoms with Crippen LogP contribution in [0.2, 0.25) is 0 Å². The molecular weight excluding hydrogens is 152 g/mol. The molecule has 0 atom stereocenters. The first-order valence-corrected chi connectivity index (χ1v) is 4.55. The van der Waals surface area contributed by atoms with Crippen LogP contribution < -0.4 is 5.56 Å². The first-order valence-electron chi connectivity index (χ1n) is 4.55. The van der Waals surface area contributed by atoms with Crippen LogP contribution in [0.4, 0.5) is 0 Å². The lowest BCUT2D eigenvalue weighted by molar-refractivity contribution is 0.452. The zero-order valence-electron chi connectivity index (χ0n) is 7.34. The van der Waals surface area contributed by atoms with E-state index in [2.05, 4.69) is 5.10 Å². The molecule has 0 bridgehead atoms. The summed E-state index contributed by atoms with van der Waals surface area (Å²) < 4.78 is 1.78. The van der Waals surface area contributed by atoms with E-state index in [0.717, 1.165) is 18.5 Å². The van der Waals surface area contributed by atoms with Gasteiger partial charge in [0.2, 0.25) is 0 Å². The largest absolute Gasteiger partial charge is 0.300 e. The maximum absolute atomic E-state index is 11.4. The molecule has 12 heavy (non-hydrogen) atoms. The number of aromatic amines is 1. The summed E-state index contributed by atoms with van der Waals surface area (Å²) in [4.78, 5) is 11.4. The molecule has 1 aliphatic rings. The van der Waals surface area contributed by atoms with Crippen LogP contribution in [0, 0.1) is 6.92 Å². The van der Waals surface area contributed by atoms with Crippen LogP contribution in [-0.2, 0) is 0 Å². The molecule has 66 valence electrons. The van der Waals surface area contributed by atoms with Crippen LogP contribution >= 0.6 is 0 Å². The first kappa shape index (κ1) is 7.65. The Hall–Kier alpha value is -0.990. The van der Waals surface area contributed by atoms with Crippen molar-refractivity contribution in [3.8, 4) is 0 Å². The van der Waals surface area contributed by atoms with E-state index in [1.807, 2.05) is 6.92 Å². The molecule has 0 aromatic carbocycles. The standard InChI is InChI=1S/C9H14N2O/c1-7-6-9(12)11(10-7)8-4-2-3-5-8/h6,8,10H,2-5H2,1H3.